The van der Waals surface area contributed by atoms with Gasteiger partial charge in [0.15, 0.2) is 0 Å². The third-order valence-electron chi connectivity index (χ3n) is 5.66. The monoisotopic (exact) mass is 382 g/mol. The Hall–Kier alpha value is -2.29. The average molecular weight is 383 g/mol. The lowest BCUT2D eigenvalue weighted by molar-refractivity contribution is 0.150. The summed E-state index contributed by atoms with van der Waals surface area (Å²) < 4.78 is 11.2. The molecule has 0 aromatic heterocycles. The number of hydrogen-bond donors (Lipinski definition) is 0. The molecule has 152 valence electrons. The van der Waals surface area contributed by atoms with Crippen LogP contribution in [0.25, 0.3) is 0 Å². The molecule has 0 aliphatic heterocycles. The Morgan fingerprint density at radius 1 is 0.679 bits per heavy atom. The van der Waals surface area contributed by atoms with Gasteiger partial charge in [-0.25, -0.2) is 4.79 Å². The van der Waals surface area contributed by atoms with Crippen LogP contribution in [-0.4, -0.2) is 6.16 Å². The zero-order valence-corrected chi connectivity index (χ0v) is 17.7. The van der Waals surface area contributed by atoms with Crippen LogP contribution in [0.1, 0.15) is 64.5 Å². The van der Waals surface area contributed by atoms with E-state index in [2.05, 4.69) is 27.7 Å². The molecule has 0 atom stereocenters. The van der Waals surface area contributed by atoms with Crippen molar-refractivity contribution in [1.82, 2.24) is 0 Å². The molecule has 28 heavy (non-hydrogen) atoms. The molecular weight excluding hydrogens is 348 g/mol. The van der Waals surface area contributed by atoms with E-state index in [4.69, 9.17) is 9.47 Å². The number of carbonyl (C=O) groups excluding carboxylic acids is 1. The summed E-state index contributed by atoms with van der Waals surface area (Å²) in [5.74, 6) is 2.36. The minimum atomic E-state index is -0.672. The zero-order chi connectivity index (χ0) is 20.4. The summed E-state index contributed by atoms with van der Waals surface area (Å²) in [6.07, 6.45) is 5.58. The van der Waals surface area contributed by atoms with E-state index in [0.717, 1.165) is 49.7 Å². The molecule has 2 rings (SSSR count). The number of ether oxygens (including phenoxy) is 2. The van der Waals surface area contributed by atoms with E-state index in [9.17, 15) is 4.79 Å². The lowest BCUT2D eigenvalue weighted by atomic mass is 9.94. The van der Waals surface area contributed by atoms with Crippen LogP contribution in [0.3, 0.4) is 0 Å². The van der Waals surface area contributed by atoms with Crippen LogP contribution in [0.4, 0.5) is 4.79 Å². The van der Waals surface area contributed by atoms with Gasteiger partial charge in [0.05, 0.1) is 0 Å². The van der Waals surface area contributed by atoms with Crippen LogP contribution in [0, 0.1) is 11.8 Å². The number of rotatable bonds is 10. The summed E-state index contributed by atoms with van der Waals surface area (Å²) in [6, 6.07) is 15.5. The van der Waals surface area contributed by atoms with Crippen LogP contribution in [0.5, 0.6) is 11.5 Å². The van der Waals surface area contributed by atoms with Crippen molar-refractivity contribution in [2.45, 2.75) is 66.2 Å². The lowest BCUT2D eigenvalue weighted by Gasteiger charge is -2.17. The number of hydrogen-bond acceptors (Lipinski definition) is 3. The molecule has 2 aromatic carbocycles. The minimum Gasteiger partial charge on any atom is -0.394 e. The summed E-state index contributed by atoms with van der Waals surface area (Å²) in [5, 5.41) is 0. The molecule has 3 nitrogen and oxygen atoms in total. The van der Waals surface area contributed by atoms with Crippen LogP contribution < -0.4 is 9.47 Å². The van der Waals surface area contributed by atoms with Crippen LogP contribution in [-0.2, 0) is 12.8 Å². The van der Waals surface area contributed by atoms with Gasteiger partial charge in [-0.1, -0.05) is 89.8 Å². The van der Waals surface area contributed by atoms with Crippen molar-refractivity contribution in [3.63, 3.8) is 0 Å². The first-order chi connectivity index (χ1) is 13.6. The number of benzene rings is 2. The van der Waals surface area contributed by atoms with E-state index in [0.29, 0.717) is 23.3 Å². The normalized spacial score (nSPS) is 11.1. The highest BCUT2D eigenvalue weighted by Gasteiger charge is 2.16. The highest BCUT2D eigenvalue weighted by molar-refractivity contribution is 5.68. The molecule has 0 unspecified atom stereocenters. The molecule has 0 saturated carbocycles. The molecule has 0 heterocycles. The summed E-state index contributed by atoms with van der Waals surface area (Å²) >= 11 is 0. The predicted molar refractivity (Wildman–Crippen MR) is 115 cm³/mol. The molecule has 2 aromatic rings. The third-order valence-corrected chi connectivity index (χ3v) is 5.66. The summed E-state index contributed by atoms with van der Waals surface area (Å²) in [5.41, 5.74) is 2.11. The molecule has 0 bridgehead atoms. The Bertz CT molecular complexity index is 669. The first-order valence-electron chi connectivity index (χ1n) is 10.7. The number of carbonyl (C=O) groups is 1. The van der Waals surface area contributed by atoms with Gasteiger partial charge in [-0.2, -0.15) is 0 Å². The smallest absolute Gasteiger partial charge is 0.394 e. The minimum absolute atomic E-state index is 0.585. The molecule has 0 radical (unpaired) electrons. The van der Waals surface area contributed by atoms with Gasteiger partial charge < -0.3 is 9.47 Å². The van der Waals surface area contributed by atoms with Crippen molar-refractivity contribution in [2.75, 3.05) is 0 Å². The lowest BCUT2D eigenvalue weighted by Crippen LogP contribution is -2.16. The maximum Gasteiger partial charge on any atom is 0.519 e. The molecule has 0 spiro atoms. The Balaban J connectivity index is 2.09. The molecule has 0 fully saturated rings. The summed E-state index contributed by atoms with van der Waals surface area (Å²) in [4.78, 5) is 12.5. The van der Waals surface area contributed by atoms with E-state index in [1.54, 1.807) is 0 Å². The van der Waals surface area contributed by atoms with Gasteiger partial charge in [0.2, 0.25) is 0 Å². The molecule has 0 aliphatic carbocycles. The number of para-hydroxylation sites is 2. The van der Waals surface area contributed by atoms with Gasteiger partial charge in [0.25, 0.3) is 0 Å². The van der Waals surface area contributed by atoms with Crippen molar-refractivity contribution in [2.24, 2.45) is 11.8 Å². The Labute approximate surface area is 170 Å². The Kier molecular flexibility index (Phi) is 9.06. The molecule has 0 amide bonds. The maximum absolute atomic E-state index is 12.5. The fourth-order valence-corrected chi connectivity index (χ4v) is 3.52. The van der Waals surface area contributed by atoms with Gasteiger partial charge in [-0.15, -0.1) is 0 Å². The van der Waals surface area contributed by atoms with Crippen molar-refractivity contribution in [3.8, 4) is 11.5 Å². The van der Waals surface area contributed by atoms with E-state index >= 15 is 0 Å². The first kappa shape index (κ1) is 22.0. The molecular formula is C25H34O3. The molecule has 0 N–H and O–H groups in total. The van der Waals surface area contributed by atoms with Gasteiger partial charge >= 0.3 is 6.16 Å². The Morgan fingerprint density at radius 2 is 1.04 bits per heavy atom. The predicted octanol–water partition coefficient (Wildman–Crippen LogP) is 7.22. The van der Waals surface area contributed by atoms with E-state index in [-0.39, 0.29) is 0 Å². The second kappa shape index (κ2) is 11.5. The quantitative estimate of drug-likeness (QED) is 0.321. The Morgan fingerprint density at radius 3 is 1.39 bits per heavy atom. The maximum atomic E-state index is 12.5. The standard InChI is InChI=1S/C25H34O3/c1-5-19(6-2)17-21-13-9-11-15-23(21)27-25(26)28-24-16-12-10-14-22(24)18-20(7-3)8-4/h9-16,19-20H,5-8,17-18H2,1-4H3. The van der Waals surface area contributed by atoms with Crippen molar-refractivity contribution < 1.29 is 14.3 Å². The van der Waals surface area contributed by atoms with Crippen LogP contribution >= 0.6 is 0 Å². The fraction of sp³-hybridized carbons (Fsp3) is 0.480. The largest absolute Gasteiger partial charge is 0.519 e. The van der Waals surface area contributed by atoms with Crippen molar-refractivity contribution in [1.29, 1.82) is 0 Å². The van der Waals surface area contributed by atoms with Crippen molar-refractivity contribution in [3.05, 3.63) is 59.7 Å². The second-order valence-corrected chi connectivity index (χ2v) is 7.44. The van der Waals surface area contributed by atoms with E-state index in [1.807, 2.05) is 48.5 Å². The van der Waals surface area contributed by atoms with Gasteiger partial charge in [0.1, 0.15) is 11.5 Å². The van der Waals surface area contributed by atoms with Gasteiger partial charge in [-0.05, 0) is 47.9 Å². The molecule has 0 aliphatic rings. The van der Waals surface area contributed by atoms with Gasteiger partial charge in [0, 0.05) is 0 Å². The van der Waals surface area contributed by atoms with Crippen LogP contribution in [0.15, 0.2) is 48.5 Å². The zero-order valence-electron chi connectivity index (χ0n) is 17.7. The topological polar surface area (TPSA) is 35.5 Å². The van der Waals surface area contributed by atoms with Gasteiger partial charge in [-0.3, -0.25) is 0 Å². The van der Waals surface area contributed by atoms with Crippen molar-refractivity contribution >= 4 is 6.16 Å². The highest BCUT2D eigenvalue weighted by Crippen LogP contribution is 2.27. The first-order valence-corrected chi connectivity index (χ1v) is 10.7. The van der Waals surface area contributed by atoms with E-state index in [1.165, 1.54) is 0 Å². The molecule has 3 heteroatoms. The third kappa shape index (κ3) is 6.40. The second-order valence-electron chi connectivity index (χ2n) is 7.44. The molecule has 0 saturated heterocycles. The summed E-state index contributed by atoms with van der Waals surface area (Å²) in [7, 11) is 0. The average Bonchev–Trinajstić information content (AvgIpc) is 2.72. The highest BCUT2D eigenvalue weighted by atomic mass is 16.7. The summed E-state index contributed by atoms with van der Waals surface area (Å²) in [6.45, 7) is 8.79. The van der Waals surface area contributed by atoms with E-state index < -0.39 is 6.16 Å². The SMILES string of the molecule is CCC(CC)Cc1ccccc1OC(=O)Oc1ccccc1CC(CC)CC. The fourth-order valence-electron chi connectivity index (χ4n) is 3.52. The van der Waals surface area contributed by atoms with Crippen LogP contribution in [0.2, 0.25) is 0 Å².